The summed E-state index contributed by atoms with van der Waals surface area (Å²) in [5.41, 5.74) is 1.20. The summed E-state index contributed by atoms with van der Waals surface area (Å²) in [6.45, 7) is 0. The fourth-order valence-electron chi connectivity index (χ4n) is 2.09. The zero-order chi connectivity index (χ0) is 15.3. The fourth-order valence-corrected chi connectivity index (χ4v) is 4.78. The van der Waals surface area contributed by atoms with Crippen LogP contribution in [0.3, 0.4) is 0 Å². The number of halogens is 2. The highest BCUT2D eigenvalue weighted by atomic mass is 79.9. The summed E-state index contributed by atoms with van der Waals surface area (Å²) < 4.78 is 0.734. The number of aromatic nitrogens is 3. The molecule has 3 heterocycles. The Kier molecular flexibility index (Phi) is 3.64. The van der Waals surface area contributed by atoms with Crippen molar-refractivity contribution in [1.82, 2.24) is 15.0 Å². The lowest BCUT2D eigenvalue weighted by molar-refractivity contribution is 0.102. The van der Waals surface area contributed by atoms with Gasteiger partial charge in [-0.1, -0.05) is 22.9 Å². The van der Waals surface area contributed by atoms with Gasteiger partial charge in [0, 0.05) is 4.88 Å². The molecule has 0 aromatic carbocycles. The van der Waals surface area contributed by atoms with Crippen molar-refractivity contribution < 1.29 is 4.79 Å². The topological polar surface area (TPSA) is 67.8 Å². The standard InChI is InChI=1S/C13H8BrClN4OS2/c14-12-18-8(9(21-12)5-1-2-5)10(20)19-13-16-6-3-4-7(15)17-11(6)22-13/h3-5H,1-2H2,(H,16,19,20). The van der Waals surface area contributed by atoms with Gasteiger partial charge in [0.15, 0.2) is 9.05 Å². The van der Waals surface area contributed by atoms with Gasteiger partial charge < -0.3 is 0 Å². The van der Waals surface area contributed by atoms with Crippen molar-refractivity contribution in [1.29, 1.82) is 0 Å². The Morgan fingerprint density at radius 1 is 1.27 bits per heavy atom. The van der Waals surface area contributed by atoms with Gasteiger partial charge in [-0.2, -0.15) is 0 Å². The highest BCUT2D eigenvalue weighted by molar-refractivity contribution is 9.11. The van der Waals surface area contributed by atoms with Crippen molar-refractivity contribution in [2.75, 3.05) is 5.32 Å². The first-order chi connectivity index (χ1) is 10.6. The highest BCUT2D eigenvalue weighted by Gasteiger charge is 2.31. The van der Waals surface area contributed by atoms with Gasteiger partial charge in [-0.15, -0.1) is 11.3 Å². The predicted octanol–water partition coefficient (Wildman–Crippen LogP) is 4.69. The SMILES string of the molecule is O=C(Nc1nc2ccc(Cl)nc2s1)c1nc(Br)sc1C1CC1. The van der Waals surface area contributed by atoms with E-state index < -0.39 is 0 Å². The number of fused-ring (bicyclic) bond motifs is 1. The van der Waals surface area contributed by atoms with Crippen LogP contribution in [0.15, 0.2) is 16.0 Å². The molecule has 0 aliphatic heterocycles. The van der Waals surface area contributed by atoms with Gasteiger partial charge in [0.05, 0.1) is 0 Å². The maximum Gasteiger partial charge on any atom is 0.277 e. The van der Waals surface area contributed by atoms with Crippen molar-refractivity contribution in [3.63, 3.8) is 0 Å². The number of amides is 1. The van der Waals surface area contributed by atoms with Crippen molar-refractivity contribution in [2.24, 2.45) is 0 Å². The van der Waals surface area contributed by atoms with E-state index in [0.29, 0.717) is 32.2 Å². The van der Waals surface area contributed by atoms with E-state index in [0.717, 1.165) is 21.6 Å². The Labute approximate surface area is 146 Å². The smallest absolute Gasteiger partial charge is 0.277 e. The summed E-state index contributed by atoms with van der Waals surface area (Å²) in [4.78, 5) is 27.0. The van der Waals surface area contributed by atoms with Crippen LogP contribution in [-0.4, -0.2) is 20.9 Å². The first-order valence-electron chi connectivity index (χ1n) is 6.51. The monoisotopic (exact) mass is 414 g/mol. The van der Waals surface area contributed by atoms with E-state index in [1.165, 1.54) is 22.7 Å². The van der Waals surface area contributed by atoms with Gasteiger partial charge in [-0.05, 0) is 46.8 Å². The third-order valence-corrected chi connectivity index (χ3v) is 5.99. The van der Waals surface area contributed by atoms with Crippen LogP contribution in [0, 0.1) is 0 Å². The van der Waals surface area contributed by atoms with E-state index in [2.05, 4.69) is 36.2 Å². The van der Waals surface area contributed by atoms with Crippen LogP contribution < -0.4 is 5.32 Å². The van der Waals surface area contributed by atoms with E-state index in [9.17, 15) is 4.79 Å². The van der Waals surface area contributed by atoms with Crippen LogP contribution in [0.2, 0.25) is 5.15 Å². The summed E-state index contributed by atoms with van der Waals surface area (Å²) in [7, 11) is 0. The molecule has 0 bridgehead atoms. The third kappa shape index (κ3) is 2.76. The van der Waals surface area contributed by atoms with Gasteiger partial charge in [0.1, 0.15) is 21.2 Å². The lowest BCUT2D eigenvalue weighted by Crippen LogP contribution is -2.13. The first kappa shape index (κ1) is 14.5. The van der Waals surface area contributed by atoms with Gasteiger partial charge in [-0.3, -0.25) is 10.1 Å². The number of thiazole rings is 2. The van der Waals surface area contributed by atoms with Gasteiger partial charge >= 0.3 is 0 Å². The molecule has 1 fully saturated rings. The summed E-state index contributed by atoms with van der Waals surface area (Å²) in [5, 5.41) is 3.72. The second-order valence-corrected chi connectivity index (χ2v) is 8.56. The first-order valence-corrected chi connectivity index (χ1v) is 9.31. The molecule has 0 radical (unpaired) electrons. The van der Waals surface area contributed by atoms with E-state index in [1.54, 1.807) is 12.1 Å². The zero-order valence-electron chi connectivity index (χ0n) is 11.0. The minimum absolute atomic E-state index is 0.228. The second kappa shape index (κ2) is 5.52. The summed E-state index contributed by atoms with van der Waals surface area (Å²) in [6, 6.07) is 3.46. The number of anilines is 1. The molecular weight excluding hydrogens is 408 g/mol. The van der Waals surface area contributed by atoms with E-state index >= 15 is 0 Å². The Morgan fingerprint density at radius 2 is 2.09 bits per heavy atom. The Bertz CT molecular complexity index is 889. The van der Waals surface area contributed by atoms with Crippen LogP contribution >= 0.6 is 50.2 Å². The van der Waals surface area contributed by atoms with Crippen LogP contribution in [0.5, 0.6) is 0 Å². The maximum absolute atomic E-state index is 12.5. The van der Waals surface area contributed by atoms with E-state index in [-0.39, 0.29) is 5.91 Å². The van der Waals surface area contributed by atoms with Gasteiger partial charge in [0.2, 0.25) is 0 Å². The molecule has 0 unspecified atom stereocenters. The molecule has 1 aliphatic rings. The molecular formula is C13H8BrClN4OS2. The number of carbonyl (C=O) groups is 1. The second-order valence-electron chi connectivity index (χ2n) is 4.89. The summed E-state index contributed by atoms with van der Waals surface area (Å²) in [6.07, 6.45) is 2.25. The molecule has 3 aromatic heterocycles. The molecule has 3 aromatic rings. The minimum atomic E-state index is -0.228. The van der Waals surface area contributed by atoms with Crippen LogP contribution in [0.1, 0.15) is 34.1 Å². The van der Waals surface area contributed by atoms with Crippen molar-refractivity contribution >= 4 is 71.6 Å². The molecule has 0 spiro atoms. The number of rotatable bonds is 3. The Balaban J connectivity index is 1.63. The minimum Gasteiger partial charge on any atom is -0.296 e. The predicted molar refractivity (Wildman–Crippen MR) is 92.2 cm³/mol. The Hall–Kier alpha value is -1.09. The van der Waals surface area contributed by atoms with Crippen LogP contribution in [-0.2, 0) is 0 Å². The van der Waals surface area contributed by atoms with Gasteiger partial charge in [-0.25, -0.2) is 15.0 Å². The average Bonchev–Trinajstić information content (AvgIpc) is 3.13. The number of hydrogen-bond acceptors (Lipinski definition) is 6. The molecule has 1 saturated carbocycles. The largest absolute Gasteiger partial charge is 0.296 e. The van der Waals surface area contributed by atoms with Crippen molar-refractivity contribution in [2.45, 2.75) is 18.8 Å². The summed E-state index contributed by atoms with van der Waals surface area (Å²) in [5.74, 6) is 0.245. The number of nitrogens with one attached hydrogen (secondary N) is 1. The molecule has 5 nitrogen and oxygen atoms in total. The lowest BCUT2D eigenvalue weighted by atomic mass is 10.2. The number of hydrogen-bond donors (Lipinski definition) is 1. The van der Waals surface area contributed by atoms with E-state index in [4.69, 9.17) is 11.6 Å². The molecule has 22 heavy (non-hydrogen) atoms. The lowest BCUT2D eigenvalue weighted by Gasteiger charge is -2.00. The number of carbonyl (C=O) groups excluding carboxylic acids is 1. The average molecular weight is 416 g/mol. The van der Waals surface area contributed by atoms with Crippen molar-refractivity contribution in [3.05, 3.63) is 31.8 Å². The van der Waals surface area contributed by atoms with Crippen molar-refractivity contribution in [3.8, 4) is 0 Å². The third-order valence-electron chi connectivity index (χ3n) is 3.23. The molecule has 4 rings (SSSR count). The van der Waals surface area contributed by atoms with E-state index in [1.807, 2.05) is 0 Å². The Morgan fingerprint density at radius 3 is 2.86 bits per heavy atom. The normalized spacial score (nSPS) is 14.5. The number of nitrogens with zero attached hydrogens (tertiary/aromatic N) is 3. The molecule has 0 atom stereocenters. The fraction of sp³-hybridized carbons (Fsp3) is 0.231. The summed E-state index contributed by atoms with van der Waals surface area (Å²) >= 11 is 12.0. The molecule has 1 aliphatic carbocycles. The van der Waals surface area contributed by atoms with Crippen LogP contribution in [0.4, 0.5) is 5.13 Å². The zero-order valence-corrected chi connectivity index (χ0v) is 14.9. The quantitative estimate of drug-likeness (QED) is 0.630. The molecule has 1 N–H and O–H groups in total. The maximum atomic E-state index is 12.5. The van der Waals surface area contributed by atoms with Gasteiger partial charge in [0.25, 0.3) is 5.91 Å². The van der Waals surface area contributed by atoms with Crippen LogP contribution in [0.25, 0.3) is 10.3 Å². The molecule has 0 saturated heterocycles. The number of pyridine rings is 1. The molecule has 1 amide bonds. The molecule has 112 valence electrons. The molecule has 9 heteroatoms. The highest BCUT2D eigenvalue weighted by Crippen LogP contribution is 2.45.